The van der Waals surface area contributed by atoms with Gasteiger partial charge in [-0.2, -0.15) is 0 Å². The van der Waals surface area contributed by atoms with E-state index in [9.17, 15) is 4.79 Å². The van der Waals surface area contributed by atoms with E-state index in [4.69, 9.17) is 5.73 Å². The molecule has 1 aromatic carbocycles. The standard InChI is InChI=1S/C16H14N4O/c17-15(21)13-5-6-14-16(18-10-20(14)9-13)19-7-11-3-1-2-4-12(11)8-19/h1-6,9-10H,7-8H2,(H2,17,21). The third kappa shape index (κ3) is 1.86. The number of anilines is 1. The highest BCUT2D eigenvalue weighted by Crippen LogP contribution is 2.29. The lowest BCUT2D eigenvalue weighted by molar-refractivity contribution is 0.1000. The predicted octanol–water partition coefficient (Wildman–Crippen LogP) is 1.95. The van der Waals surface area contributed by atoms with E-state index in [0.29, 0.717) is 5.56 Å². The maximum absolute atomic E-state index is 11.2. The number of amides is 1. The first-order valence-electron chi connectivity index (χ1n) is 6.80. The summed E-state index contributed by atoms with van der Waals surface area (Å²) in [5, 5.41) is 0. The van der Waals surface area contributed by atoms with Crippen molar-refractivity contribution >= 4 is 17.2 Å². The summed E-state index contributed by atoms with van der Waals surface area (Å²) in [6.07, 6.45) is 3.44. The summed E-state index contributed by atoms with van der Waals surface area (Å²) in [6, 6.07) is 12.1. The molecular formula is C16H14N4O. The molecule has 2 N–H and O–H groups in total. The van der Waals surface area contributed by atoms with Crippen LogP contribution in [0.4, 0.5) is 5.82 Å². The van der Waals surface area contributed by atoms with Gasteiger partial charge in [-0.25, -0.2) is 4.98 Å². The number of hydrogen-bond donors (Lipinski definition) is 1. The first-order valence-corrected chi connectivity index (χ1v) is 6.80. The summed E-state index contributed by atoms with van der Waals surface area (Å²) in [5.74, 6) is 0.503. The molecule has 1 aliphatic rings. The second kappa shape index (κ2) is 4.34. The number of fused-ring (bicyclic) bond motifs is 2. The van der Waals surface area contributed by atoms with Crippen molar-refractivity contribution in [2.75, 3.05) is 4.90 Å². The van der Waals surface area contributed by atoms with E-state index >= 15 is 0 Å². The molecular weight excluding hydrogens is 264 g/mol. The molecule has 0 saturated carbocycles. The normalized spacial score (nSPS) is 13.6. The van der Waals surface area contributed by atoms with E-state index in [2.05, 4.69) is 34.1 Å². The molecule has 4 rings (SSSR count). The minimum Gasteiger partial charge on any atom is -0.366 e. The van der Waals surface area contributed by atoms with Crippen molar-refractivity contribution in [2.24, 2.45) is 5.73 Å². The zero-order valence-electron chi connectivity index (χ0n) is 11.4. The van der Waals surface area contributed by atoms with Gasteiger partial charge in [0.05, 0.1) is 11.1 Å². The maximum atomic E-state index is 11.2. The number of carbonyl (C=O) groups excluding carboxylic acids is 1. The quantitative estimate of drug-likeness (QED) is 0.779. The number of nitrogens with two attached hydrogens (primary N) is 1. The Bertz CT molecular complexity index is 827. The summed E-state index contributed by atoms with van der Waals surface area (Å²) in [6.45, 7) is 1.72. The highest BCUT2D eigenvalue weighted by molar-refractivity contribution is 5.93. The zero-order chi connectivity index (χ0) is 14.4. The van der Waals surface area contributed by atoms with Gasteiger partial charge in [-0.3, -0.25) is 4.79 Å². The van der Waals surface area contributed by atoms with Crippen LogP contribution < -0.4 is 10.6 Å². The molecule has 3 aromatic rings. The number of hydrogen-bond acceptors (Lipinski definition) is 3. The summed E-state index contributed by atoms with van der Waals surface area (Å²) >= 11 is 0. The predicted molar refractivity (Wildman–Crippen MR) is 80.0 cm³/mol. The number of benzene rings is 1. The molecule has 104 valence electrons. The third-order valence-corrected chi connectivity index (χ3v) is 3.94. The summed E-state index contributed by atoms with van der Waals surface area (Å²) in [4.78, 5) is 18.0. The minimum absolute atomic E-state index is 0.430. The van der Waals surface area contributed by atoms with Gasteiger partial charge in [0, 0.05) is 19.3 Å². The van der Waals surface area contributed by atoms with Crippen LogP contribution in [0.2, 0.25) is 0 Å². The molecule has 0 bridgehead atoms. The van der Waals surface area contributed by atoms with Gasteiger partial charge < -0.3 is 15.0 Å². The molecule has 0 unspecified atom stereocenters. The number of rotatable bonds is 2. The van der Waals surface area contributed by atoms with Gasteiger partial charge in [-0.15, -0.1) is 0 Å². The molecule has 0 fully saturated rings. The zero-order valence-corrected chi connectivity index (χ0v) is 11.4. The van der Waals surface area contributed by atoms with Crippen LogP contribution in [0.5, 0.6) is 0 Å². The SMILES string of the molecule is NC(=O)c1ccc2c(N3Cc4ccccc4C3)ncn2c1. The monoisotopic (exact) mass is 278 g/mol. The average molecular weight is 278 g/mol. The van der Waals surface area contributed by atoms with Crippen LogP contribution in [0.1, 0.15) is 21.5 Å². The number of primary amides is 1. The third-order valence-electron chi connectivity index (χ3n) is 3.94. The Morgan fingerprint density at radius 3 is 2.48 bits per heavy atom. The van der Waals surface area contributed by atoms with E-state index in [1.54, 1.807) is 18.6 Å². The van der Waals surface area contributed by atoms with Crippen LogP contribution in [0.3, 0.4) is 0 Å². The molecule has 0 saturated heterocycles. The topological polar surface area (TPSA) is 63.6 Å². The lowest BCUT2D eigenvalue weighted by Crippen LogP contribution is -2.15. The molecule has 0 atom stereocenters. The van der Waals surface area contributed by atoms with Crippen LogP contribution in [0, 0.1) is 0 Å². The Hall–Kier alpha value is -2.82. The van der Waals surface area contributed by atoms with Crippen molar-refractivity contribution in [3.05, 3.63) is 65.6 Å². The summed E-state index contributed by atoms with van der Waals surface area (Å²) in [7, 11) is 0. The maximum Gasteiger partial charge on any atom is 0.250 e. The van der Waals surface area contributed by atoms with Crippen LogP contribution >= 0.6 is 0 Å². The van der Waals surface area contributed by atoms with Crippen molar-refractivity contribution in [3.63, 3.8) is 0 Å². The lowest BCUT2D eigenvalue weighted by Gasteiger charge is -2.14. The Kier molecular flexibility index (Phi) is 2.47. The van der Waals surface area contributed by atoms with Crippen LogP contribution in [0.15, 0.2) is 48.9 Å². The molecule has 0 aliphatic carbocycles. The van der Waals surface area contributed by atoms with E-state index in [1.807, 2.05) is 10.5 Å². The Morgan fingerprint density at radius 1 is 1.10 bits per heavy atom. The van der Waals surface area contributed by atoms with E-state index < -0.39 is 5.91 Å². The van der Waals surface area contributed by atoms with Crippen molar-refractivity contribution in [1.82, 2.24) is 9.38 Å². The van der Waals surface area contributed by atoms with Gasteiger partial charge in [0.25, 0.3) is 0 Å². The minimum atomic E-state index is -0.430. The first kappa shape index (κ1) is 12.0. The van der Waals surface area contributed by atoms with Gasteiger partial charge in [0.2, 0.25) is 5.91 Å². The van der Waals surface area contributed by atoms with Gasteiger partial charge in [-0.1, -0.05) is 24.3 Å². The number of aromatic nitrogens is 2. The number of pyridine rings is 1. The highest BCUT2D eigenvalue weighted by atomic mass is 16.1. The van der Waals surface area contributed by atoms with Crippen LogP contribution in [-0.4, -0.2) is 15.3 Å². The van der Waals surface area contributed by atoms with E-state index in [-0.39, 0.29) is 0 Å². The molecule has 2 aromatic heterocycles. The van der Waals surface area contributed by atoms with Gasteiger partial charge in [-0.05, 0) is 23.3 Å². The smallest absolute Gasteiger partial charge is 0.250 e. The molecule has 3 heterocycles. The largest absolute Gasteiger partial charge is 0.366 e. The van der Waals surface area contributed by atoms with Gasteiger partial charge >= 0.3 is 0 Å². The second-order valence-electron chi connectivity index (χ2n) is 5.27. The molecule has 21 heavy (non-hydrogen) atoms. The van der Waals surface area contributed by atoms with E-state index in [1.165, 1.54) is 11.1 Å². The Labute approximate surface area is 121 Å². The molecule has 1 amide bonds. The summed E-state index contributed by atoms with van der Waals surface area (Å²) < 4.78 is 1.85. The van der Waals surface area contributed by atoms with Crippen molar-refractivity contribution in [1.29, 1.82) is 0 Å². The summed E-state index contributed by atoms with van der Waals surface area (Å²) in [5.41, 5.74) is 9.45. The Balaban J connectivity index is 1.74. The van der Waals surface area contributed by atoms with Crippen molar-refractivity contribution < 1.29 is 4.79 Å². The number of nitrogens with zero attached hydrogens (tertiary/aromatic N) is 3. The van der Waals surface area contributed by atoms with Crippen LogP contribution in [-0.2, 0) is 13.1 Å². The fourth-order valence-corrected chi connectivity index (χ4v) is 2.86. The number of carbonyl (C=O) groups is 1. The van der Waals surface area contributed by atoms with E-state index in [0.717, 1.165) is 24.4 Å². The fourth-order valence-electron chi connectivity index (χ4n) is 2.86. The van der Waals surface area contributed by atoms with Gasteiger partial charge in [0.1, 0.15) is 6.33 Å². The van der Waals surface area contributed by atoms with Crippen LogP contribution in [0.25, 0.3) is 5.52 Å². The highest BCUT2D eigenvalue weighted by Gasteiger charge is 2.22. The molecule has 0 radical (unpaired) electrons. The molecule has 5 nitrogen and oxygen atoms in total. The first-order chi connectivity index (χ1) is 10.2. The molecule has 0 spiro atoms. The Morgan fingerprint density at radius 2 is 1.81 bits per heavy atom. The fraction of sp³-hybridized carbons (Fsp3) is 0.125. The average Bonchev–Trinajstić information content (AvgIpc) is 3.09. The second-order valence-corrected chi connectivity index (χ2v) is 5.27. The van der Waals surface area contributed by atoms with Gasteiger partial charge in [0.15, 0.2) is 5.82 Å². The van der Waals surface area contributed by atoms with Crippen molar-refractivity contribution in [2.45, 2.75) is 13.1 Å². The lowest BCUT2D eigenvalue weighted by atomic mass is 10.1. The molecule has 1 aliphatic heterocycles. The molecule has 5 heteroatoms. The van der Waals surface area contributed by atoms with Crippen molar-refractivity contribution in [3.8, 4) is 0 Å². The number of imidazole rings is 1.